The van der Waals surface area contributed by atoms with Crippen molar-refractivity contribution in [2.24, 2.45) is 5.92 Å². The molecule has 1 saturated heterocycles. The summed E-state index contributed by atoms with van der Waals surface area (Å²) in [5.74, 6) is 1.11. The van der Waals surface area contributed by atoms with Gasteiger partial charge in [-0.2, -0.15) is 0 Å². The molecule has 1 amide bonds. The normalized spacial score (nSPS) is 19.4. The zero-order valence-electron chi connectivity index (χ0n) is 13.2. The van der Waals surface area contributed by atoms with Crippen molar-refractivity contribution in [2.75, 3.05) is 31.2 Å². The van der Waals surface area contributed by atoms with Crippen LogP contribution in [0.5, 0.6) is 0 Å². The Bertz CT molecular complexity index is 523. The Morgan fingerprint density at radius 2 is 2.05 bits per heavy atom. The molecule has 0 atom stereocenters. The molecule has 1 aromatic heterocycles. The van der Waals surface area contributed by atoms with E-state index in [1.807, 2.05) is 13.0 Å². The van der Waals surface area contributed by atoms with E-state index in [9.17, 15) is 4.79 Å². The minimum atomic E-state index is 0.168. The van der Waals surface area contributed by atoms with Crippen LogP contribution in [0.3, 0.4) is 0 Å². The number of nitrogens with zero attached hydrogens (tertiary/aromatic N) is 3. The molecule has 2 fully saturated rings. The Balaban J connectivity index is 1.62. The van der Waals surface area contributed by atoms with E-state index >= 15 is 0 Å². The van der Waals surface area contributed by atoms with E-state index in [0.29, 0.717) is 19.8 Å². The van der Waals surface area contributed by atoms with Gasteiger partial charge >= 0.3 is 0 Å². The van der Waals surface area contributed by atoms with E-state index in [2.05, 4.69) is 20.2 Å². The highest BCUT2D eigenvalue weighted by atomic mass is 16.5. The standard InChI is InChI=1S/C16H24N4O2/c1-12-10-14(11-17-15(21)13-4-2-3-5-13)19-16(18-12)20-6-8-22-9-7-20/h10,13H,2-9,11H2,1H3,(H,17,21). The third kappa shape index (κ3) is 3.74. The number of ether oxygens (including phenoxy) is 1. The monoisotopic (exact) mass is 304 g/mol. The average molecular weight is 304 g/mol. The topological polar surface area (TPSA) is 67.4 Å². The molecule has 0 aromatic carbocycles. The van der Waals surface area contributed by atoms with Gasteiger partial charge in [0.1, 0.15) is 0 Å². The highest BCUT2D eigenvalue weighted by Crippen LogP contribution is 2.24. The Kier molecular flexibility index (Phi) is 4.87. The van der Waals surface area contributed by atoms with Crippen LogP contribution < -0.4 is 10.2 Å². The molecule has 3 rings (SSSR count). The van der Waals surface area contributed by atoms with Crippen LogP contribution in [-0.4, -0.2) is 42.2 Å². The van der Waals surface area contributed by atoms with Crippen molar-refractivity contribution in [3.05, 3.63) is 17.5 Å². The van der Waals surface area contributed by atoms with Gasteiger partial charge in [0.15, 0.2) is 0 Å². The van der Waals surface area contributed by atoms with Gasteiger partial charge in [-0.15, -0.1) is 0 Å². The first kappa shape index (κ1) is 15.2. The van der Waals surface area contributed by atoms with Gasteiger partial charge in [-0.3, -0.25) is 4.79 Å². The predicted octanol–water partition coefficient (Wildman–Crippen LogP) is 1.43. The number of morpholine rings is 1. The smallest absolute Gasteiger partial charge is 0.225 e. The fourth-order valence-corrected chi connectivity index (χ4v) is 3.12. The summed E-state index contributed by atoms with van der Waals surface area (Å²) in [4.78, 5) is 23.4. The van der Waals surface area contributed by atoms with E-state index in [-0.39, 0.29) is 11.8 Å². The number of carbonyl (C=O) groups is 1. The van der Waals surface area contributed by atoms with Crippen molar-refractivity contribution < 1.29 is 9.53 Å². The summed E-state index contributed by atoms with van der Waals surface area (Å²) in [5.41, 5.74) is 1.81. The Hall–Kier alpha value is -1.69. The van der Waals surface area contributed by atoms with Crippen molar-refractivity contribution in [3.8, 4) is 0 Å². The van der Waals surface area contributed by atoms with Crippen molar-refractivity contribution >= 4 is 11.9 Å². The molecular weight excluding hydrogens is 280 g/mol. The second kappa shape index (κ2) is 7.05. The first-order valence-corrected chi connectivity index (χ1v) is 8.17. The number of amides is 1. The highest BCUT2D eigenvalue weighted by molar-refractivity contribution is 5.78. The number of nitrogens with one attached hydrogen (secondary N) is 1. The molecule has 1 N–H and O–H groups in total. The quantitative estimate of drug-likeness (QED) is 0.911. The Morgan fingerprint density at radius 1 is 1.32 bits per heavy atom. The van der Waals surface area contributed by atoms with Crippen LogP contribution in [0.25, 0.3) is 0 Å². The minimum Gasteiger partial charge on any atom is -0.378 e. The van der Waals surface area contributed by atoms with Gasteiger partial charge in [0.05, 0.1) is 25.5 Å². The molecule has 1 saturated carbocycles. The summed E-state index contributed by atoms with van der Waals surface area (Å²) in [6.07, 6.45) is 4.39. The second-order valence-corrected chi connectivity index (χ2v) is 6.10. The number of hydrogen-bond donors (Lipinski definition) is 1. The molecule has 6 heteroatoms. The zero-order chi connectivity index (χ0) is 15.4. The van der Waals surface area contributed by atoms with Gasteiger partial charge in [0.25, 0.3) is 0 Å². The molecule has 1 aliphatic carbocycles. The molecule has 6 nitrogen and oxygen atoms in total. The van der Waals surface area contributed by atoms with Crippen LogP contribution in [-0.2, 0) is 16.1 Å². The number of rotatable bonds is 4. The number of aromatic nitrogens is 2. The van der Waals surface area contributed by atoms with Crippen molar-refractivity contribution in [1.29, 1.82) is 0 Å². The van der Waals surface area contributed by atoms with E-state index < -0.39 is 0 Å². The SMILES string of the molecule is Cc1cc(CNC(=O)C2CCCC2)nc(N2CCOCC2)n1. The average Bonchev–Trinajstić information content (AvgIpc) is 3.07. The van der Waals surface area contributed by atoms with E-state index in [1.54, 1.807) is 0 Å². The van der Waals surface area contributed by atoms with Crippen LogP contribution in [0.4, 0.5) is 5.95 Å². The van der Waals surface area contributed by atoms with Crippen molar-refractivity contribution in [3.63, 3.8) is 0 Å². The first-order valence-electron chi connectivity index (χ1n) is 8.17. The predicted molar refractivity (Wildman–Crippen MR) is 83.6 cm³/mol. The van der Waals surface area contributed by atoms with E-state index in [0.717, 1.165) is 43.3 Å². The molecule has 1 aliphatic heterocycles. The fourth-order valence-electron chi connectivity index (χ4n) is 3.12. The van der Waals surface area contributed by atoms with Gasteiger partial charge in [0, 0.05) is 24.7 Å². The third-order valence-electron chi connectivity index (χ3n) is 4.36. The van der Waals surface area contributed by atoms with Gasteiger partial charge in [-0.05, 0) is 25.8 Å². The lowest BCUT2D eigenvalue weighted by atomic mass is 10.1. The zero-order valence-corrected chi connectivity index (χ0v) is 13.2. The molecule has 0 bridgehead atoms. The first-order chi connectivity index (χ1) is 10.7. The van der Waals surface area contributed by atoms with Gasteiger partial charge in [-0.25, -0.2) is 9.97 Å². The van der Waals surface area contributed by atoms with Gasteiger partial charge < -0.3 is 15.0 Å². The minimum absolute atomic E-state index is 0.168. The molecule has 0 unspecified atom stereocenters. The van der Waals surface area contributed by atoms with Crippen LogP contribution in [0, 0.1) is 12.8 Å². The van der Waals surface area contributed by atoms with Gasteiger partial charge in [0.2, 0.25) is 11.9 Å². The summed E-state index contributed by atoms with van der Waals surface area (Å²) in [6, 6.07) is 1.94. The molecule has 22 heavy (non-hydrogen) atoms. The summed E-state index contributed by atoms with van der Waals surface area (Å²) in [5, 5.41) is 3.03. The molecule has 2 aliphatic rings. The number of anilines is 1. The summed E-state index contributed by atoms with van der Waals surface area (Å²) < 4.78 is 5.36. The highest BCUT2D eigenvalue weighted by Gasteiger charge is 2.22. The van der Waals surface area contributed by atoms with Crippen LogP contribution >= 0.6 is 0 Å². The lowest BCUT2D eigenvalue weighted by Gasteiger charge is -2.27. The Morgan fingerprint density at radius 3 is 2.77 bits per heavy atom. The largest absolute Gasteiger partial charge is 0.378 e. The van der Waals surface area contributed by atoms with Crippen LogP contribution in [0.2, 0.25) is 0 Å². The van der Waals surface area contributed by atoms with Gasteiger partial charge in [-0.1, -0.05) is 12.8 Å². The van der Waals surface area contributed by atoms with E-state index in [1.165, 1.54) is 12.8 Å². The van der Waals surface area contributed by atoms with Crippen LogP contribution in [0.15, 0.2) is 6.07 Å². The fraction of sp³-hybridized carbons (Fsp3) is 0.688. The second-order valence-electron chi connectivity index (χ2n) is 6.10. The molecular formula is C16H24N4O2. The number of aryl methyl sites for hydroxylation is 1. The number of carbonyl (C=O) groups excluding carboxylic acids is 1. The summed E-state index contributed by atoms with van der Waals surface area (Å²) >= 11 is 0. The maximum atomic E-state index is 12.1. The maximum Gasteiger partial charge on any atom is 0.225 e. The molecule has 0 radical (unpaired) electrons. The Labute approximate surface area is 131 Å². The van der Waals surface area contributed by atoms with Crippen LogP contribution in [0.1, 0.15) is 37.1 Å². The maximum absolute atomic E-state index is 12.1. The summed E-state index contributed by atoms with van der Waals surface area (Å²) in [6.45, 7) is 5.51. The third-order valence-corrected chi connectivity index (χ3v) is 4.36. The number of hydrogen-bond acceptors (Lipinski definition) is 5. The summed E-state index contributed by atoms with van der Waals surface area (Å²) in [7, 11) is 0. The van der Waals surface area contributed by atoms with E-state index in [4.69, 9.17) is 4.74 Å². The molecule has 2 heterocycles. The van der Waals surface area contributed by atoms with Crippen molar-refractivity contribution in [1.82, 2.24) is 15.3 Å². The molecule has 120 valence electrons. The lowest BCUT2D eigenvalue weighted by Crippen LogP contribution is -2.37. The lowest BCUT2D eigenvalue weighted by molar-refractivity contribution is -0.124. The molecule has 1 aromatic rings. The molecule has 0 spiro atoms. The van der Waals surface area contributed by atoms with Crippen molar-refractivity contribution in [2.45, 2.75) is 39.2 Å².